The Bertz CT molecular complexity index is 1330. The fourth-order valence-corrected chi connectivity index (χ4v) is 4.23. The minimum Gasteiger partial charge on any atom is -0.374 e. The number of carbonyl (C=O) groups excluding carboxylic acids is 1. The molecule has 1 amide bonds. The van der Waals surface area contributed by atoms with Crippen molar-refractivity contribution in [1.29, 1.82) is 0 Å². The third kappa shape index (κ3) is 3.91. The van der Waals surface area contributed by atoms with Crippen molar-refractivity contribution >= 4 is 22.8 Å². The van der Waals surface area contributed by atoms with E-state index in [1.165, 1.54) is 23.0 Å². The molecular formula is C23H25F2N7O2. The molecule has 1 saturated heterocycles. The van der Waals surface area contributed by atoms with Crippen molar-refractivity contribution in [2.45, 2.75) is 32.2 Å². The molecule has 0 radical (unpaired) electrons. The van der Waals surface area contributed by atoms with Crippen molar-refractivity contribution in [3.63, 3.8) is 0 Å². The van der Waals surface area contributed by atoms with Gasteiger partial charge in [0.1, 0.15) is 23.3 Å². The van der Waals surface area contributed by atoms with E-state index in [4.69, 9.17) is 5.73 Å². The monoisotopic (exact) mass is 469 g/mol. The van der Waals surface area contributed by atoms with Gasteiger partial charge in [-0.3, -0.25) is 4.79 Å². The lowest BCUT2D eigenvalue weighted by Crippen LogP contribution is -2.27. The van der Waals surface area contributed by atoms with Crippen LogP contribution in [-0.4, -0.2) is 55.4 Å². The number of aromatic nitrogens is 4. The van der Waals surface area contributed by atoms with Crippen LogP contribution in [0.25, 0.3) is 11.0 Å². The van der Waals surface area contributed by atoms with Crippen molar-refractivity contribution in [2.75, 3.05) is 25.5 Å². The lowest BCUT2D eigenvalue weighted by Gasteiger charge is -2.17. The van der Waals surface area contributed by atoms with Crippen LogP contribution in [0.3, 0.4) is 0 Å². The first-order valence-electron chi connectivity index (χ1n) is 10.8. The molecule has 3 aromatic rings. The van der Waals surface area contributed by atoms with E-state index in [9.17, 15) is 18.7 Å². The number of nitrogens with zero attached hydrogens (tertiary/aromatic N) is 5. The highest BCUT2D eigenvalue weighted by Gasteiger charge is 2.31. The molecular weight excluding hydrogens is 444 g/mol. The minimum absolute atomic E-state index is 0.0743. The number of imidazole rings is 1. The van der Waals surface area contributed by atoms with Crippen LogP contribution in [0.5, 0.6) is 0 Å². The summed E-state index contributed by atoms with van der Waals surface area (Å²) in [6.45, 7) is 6.67. The standard InChI is InChI=1S/C23H25F2N7O2/c1-4-17(33)31-9-8-14(11-31)32-23(27-3)18(22(26)34)15(29-32)7-6-13-10-16-21(20(25)19(13)24)30(5-2)12-28-16/h4,10,12,14,22,27,34H,1,5,8-9,11,26H2,2-3H3/t14-,22?/m0/s1. The highest BCUT2D eigenvalue weighted by Crippen LogP contribution is 2.31. The van der Waals surface area contributed by atoms with E-state index in [1.54, 1.807) is 23.6 Å². The Morgan fingerprint density at radius 3 is 2.85 bits per heavy atom. The van der Waals surface area contributed by atoms with Crippen LogP contribution in [-0.2, 0) is 11.3 Å². The first kappa shape index (κ1) is 23.4. The van der Waals surface area contributed by atoms with Gasteiger partial charge in [0.25, 0.3) is 0 Å². The van der Waals surface area contributed by atoms with Gasteiger partial charge in [0.2, 0.25) is 5.91 Å². The molecule has 2 aromatic heterocycles. The van der Waals surface area contributed by atoms with Crippen molar-refractivity contribution in [2.24, 2.45) is 5.73 Å². The normalized spacial score (nSPS) is 16.4. The first-order valence-corrected chi connectivity index (χ1v) is 10.8. The van der Waals surface area contributed by atoms with Gasteiger partial charge in [-0.2, -0.15) is 5.10 Å². The minimum atomic E-state index is -1.42. The predicted molar refractivity (Wildman–Crippen MR) is 123 cm³/mol. The Labute approximate surface area is 194 Å². The van der Waals surface area contributed by atoms with Crippen molar-refractivity contribution in [1.82, 2.24) is 24.2 Å². The Morgan fingerprint density at radius 2 is 2.21 bits per heavy atom. The highest BCUT2D eigenvalue weighted by atomic mass is 19.2. The zero-order valence-electron chi connectivity index (χ0n) is 18.8. The maximum absolute atomic E-state index is 14.8. The van der Waals surface area contributed by atoms with Crippen LogP contribution in [0.15, 0.2) is 25.0 Å². The molecule has 1 unspecified atom stereocenters. The number of halogens is 2. The number of aliphatic hydroxyl groups excluding tert-OH is 1. The van der Waals surface area contributed by atoms with Gasteiger partial charge < -0.3 is 25.6 Å². The third-order valence-corrected chi connectivity index (χ3v) is 5.92. The second kappa shape index (κ2) is 9.24. The van der Waals surface area contributed by atoms with E-state index >= 15 is 0 Å². The fourth-order valence-electron chi connectivity index (χ4n) is 4.23. The number of aryl methyl sites for hydroxylation is 1. The number of anilines is 1. The summed E-state index contributed by atoms with van der Waals surface area (Å²) in [6, 6.07) is 1.18. The number of hydrogen-bond acceptors (Lipinski definition) is 6. The molecule has 11 heteroatoms. The summed E-state index contributed by atoms with van der Waals surface area (Å²) in [5.74, 6) is 3.47. The zero-order valence-corrected chi connectivity index (χ0v) is 18.8. The molecule has 1 aliphatic rings. The van der Waals surface area contributed by atoms with Crippen molar-refractivity contribution in [3.8, 4) is 11.8 Å². The maximum atomic E-state index is 14.8. The Balaban J connectivity index is 1.76. The number of carbonyl (C=O) groups is 1. The number of nitrogens with one attached hydrogen (secondary N) is 1. The van der Waals surface area contributed by atoms with Gasteiger partial charge in [0.15, 0.2) is 11.6 Å². The van der Waals surface area contributed by atoms with Crippen LogP contribution in [0.1, 0.15) is 42.4 Å². The summed E-state index contributed by atoms with van der Waals surface area (Å²) in [5.41, 5.74) is 6.29. The van der Waals surface area contributed by atoms with Crippen LogP contribution in [0.2, 0.25) is 0 Å². The average molecular weight is 469 g/mol. The van der Waals surface area contributed by atoms with E-state index in [-0.39, 0.29) is 39.8 Å². The number of likely N-dealkylation sites (tertiary alicyclic amines) is 1. The molecule has 9 nitrogen and oxygen atoms in total. The molecule has 0 bridgehead atoms. The number of amides is 1. The number of rotatable bonds is 5. The van der Waals surface area contributed by atoms with Crippen LogP contribution < -0.4 is 11.1 Å². The molecule has 0 saturated carbocycles. The van der Waals surface area contributed by atoms with Gasteiger partial charge in [-0.15, -0.1) is 0 Å². The van der Waals surface area contributed by atoms with Gasteiger partial charge in [-0.1, -0.05) is 12.5 Å². The molecule has 34 heavy (non-hydrogen) atoms. The molecule has 178 valence electrons. The van der Waals surface area contributed by atoms with E-state index in [2.05, 4.69) is 33.8 Å². The quantitative estimate of drug-likeness (QED) is 0.299. The van der Waals surface area contributed by atoms with Crippen LogP contribution in [0, 0.1) is 23.5 Å². The SMILES string of the molecule is C=CC(=O)N1CC[C@H](n2nc(C#Cc3cc4ncn(CC)c4c(F)c3F)c(C(N)O)c2NC)C1. The van der Waals surface area contributed by atoms with Gasteiger partial charge in [0, 0.05) is 26.7 Å². The lowest BCUT2D eigenvalue weighted by molar-refractivity contribution is -0.125. The van der Waals surface area contributed by atoms with Crippen molar-refractivity contribution in [3.05, 3.63) is 53.5 Å². The lowest BCUT2D eigenvalue weighted by atomic mass is 10.1. The predicted octanol–water partition coefficient (Wildman–Crippen LogP) is 1.88. The molecule has 4 N–H and O–H groups in total. The molecule has 1 aromatic carbocycles. The number of nitrogens with two attached hydrogens (primary N) is 1. The summed E-state index contributed by atoms with van der Waals surface area (Å²) >= 11 is 0. The first-order chi connectivity index (χ1) is 16.3. The number of fused-ring (bicyclic) bond motifs is 1. The molecule has 1 aliphatic heterocycles. The van der Waals surface area contributed by atoms with Crippen LogP contribution in [0.4, 0.5) is 14.6 Å². The Hall–Kier alpha value is -3.75. The third-order valence-electron chi connectivity index (χ3n) is 5.92. The van der Waals surface area contributed by atoms with Gasteiger partial charge in [-0.05, 0) is 31.4 Å². The highest BCUT2D eigenvalue weighted by molar-refractivity contribution is 5.87. The smallest absolute Gasteiger partial charge is 0.246 e. The van der Waals surface area contributed by atoms with Gasteiger partial charge >= 0.3 is 0 Å². The number of benzene rings is 1. The average Bonchev–Trinajstić information content (AvgIpc) is 3.55. The summed E-state index contributed by atoms with van der Waals surface area (Å²) in [5, 5.41) is 17.7. The zero-order chi connectivity index (χ0) is 24.6. The summed E-state index contributed by atoms with van der Waals surface area (Å²) < 4.78 is 32.6. The fraction of sp³-hybridized carbons (Fsp3) is 0.348. The van der Waals surface area contributed by atoms with E-state index in [0.717, 1.165) is 0 Å². The van der Waals surface area contributed by atoms with E-state index in [0.29, 0.717) is 31.9 Å². The second-order valence-electron chi connectivity index (χ2n) is 7.88. The van der Waals surface area contributed by atoms with Crippen molar-refractivity contribution < 1.29 is 18.7 Å². The largest absolute Gasteiger partial charge is 0.374 e. The Kier molecular flexibility index (Phi) is 6.37. The molecule has 2 atom stereocenters. The topological polar surface area (TPSA) is 114 Å². The van der Waals surface area contributed by atoms with E-state index in [1.807, 2.05) is 0 Å². The molecule has 0 spiro atoms. The summed E-state index contributed by atoms with van der Waals surface area (Å²) in [4.78, 5) is 17.7. The summed E-state index contributed by atoms with van der Waals surface area (Å²) in [7, 11) is 1.64. The second-order valence-corrected chi connectivity index (χ2v) is 7.88. The Morgan fingerprint density at radius 1 is 1.44 bits per heavy atom. The number of hydrogen-bond donors (Lipinski definition) is 3. The number of aliphatic hydroxyl groups is 1. The maximum Gasteiger partial charge on any atom is 0.246 e. The van der Waals surface area contributed by atoms with Crippen LogP contribution >= 0.6 is 0 Å². The molecule has 0 aliphatic carbocycles. The van der Waals surface area contributed by atoms with Gasteiger partial charge in [-0.25, -0.2) is 18.4 Å². The summed E-state index contributed by atoms with van der Waals surface area (Å²) in [6.07, 6.45) is 1.90. The molecule has 1 fully saturated rings. The molecule has 3 heterocycles. The van der Waals surface area contributed by atoms with Gasteiger partial charge in [0.05, 0.1) is 29.0 Å². The molecule has 4 rings (SSSR count). The van der Waals surface area contributed by atoms with E-state index < -0.39 is 17.9 Å².